The smallest absolute Gasteiger partial charge is 0.320 e. The van der Waals surface area contributed by atoms with Crippen molar-refractivity contribution >= 4 is 29.8 Å². The van der Waals surface area contributed by atoms with Gasteiger partial charge in [0, 0.05) is 34.1 Å². The molecule has 1 aliphatic heterocycles. The number of ether oxygens (including phenoxy) is 5. The van der Waals surface area contributed by atoms with Crippen LogP contribution in [0.25, 0.3) is 0 Å². The first kappa shape index (κ1) is 24.3. The van der Waals surface area contributed by atoms with E-state index < -0.39 is 73.0 Å². The van der Waals surface area contributed by atoms with Gasteiger partial charge < -0.3 is 34.5 Å². The number of carboxylic acids is 1. The highest BCUT2D eigenvalue weighted by Gasteiger charge is 2.52. The van der Waals surface area contributed by atoms with Gasteiger partial charge in [0.15, 0.2) is 18.3 Å². The Morgan fingerprint density at radius 3 is 1.69 bits per heavy atom. The lowest BCUT2D eigenvalue weighted by Crippen LogP contribution is -2.63. The van der Waals surface area contributed by atoms with E-state index in [9.17, 15) is 24.0 Å². The van der Waals surface area contributed by atoms with E-state index in [-0.39, 0.29) is 6.42 Å². The van der Waals surface area contributed by atoms with Gasteiger partial charge in [0.25, 0.3) is 0 Å². The molecular formula is C17H25NO11. The monoisotopic (exact) mass is 419 g/mol. The molecule has 12 nitrogen and oxygen atoms in total. The van der Waals surface area contributed by atoms with Crippen LogP contribution in [0.15, 0.2) is 0 Å². The van der Waals surface area contributed by atoms with Gasteiger partial charge in [0.1, 0.15) is 24.9 Å². The Balaban J connectivity index is 3.33. The van der Waals surface area contributed by atoms with Crippen molar-refractivity contribution in [2.45, 2.75) is 70.7 Å². The van der Waals surface area contributed by atoms with Crippen LogP contribution in [0.3, 0.4) is 0 Å². The van der Waals surface area contributed by atoms with E-state index >= 15 is 0 Å². The zero-order valence-electron chi connectivity index (χ0n) is 16.5. The summed E-state index contributed by atoms with van der Waals surface area (Å²) >= 11 is 0. The molecule has 0 amide bonds. The molecule has 0 spiro atoms. The summed E-state index contributed by atoms with van der Waals surface area (Å²) in [4.78, 5) is 57.2. The molecule has 1 saturated heterocycles. The Bertz CT molecular complexity index is 649. The topological polar surface area (TPSA) is 178 Å². The molecule has 1 heterocycles. The second kappa shape index (κ2) is 10.7. The molecule has 0 aromatic heterocycles. The maximum atomic E-state index is 11.6. The summed E-state index contributed by atoms with van der Waals surface area (Å²) < 4.78 is 26.3. The third kappa shape index (κ3) is 7.66. The minimum absolute atomic E-state index is 0.325. The van der Waals surface area contributed by atoms with Crippen LogP contribution in [0.4, 0.5) is 0 Å². The van der Waals surface area contributed by atoms with Gasteiger partial charge in [-0.3, -0.25) is 24.0 Å². The van der Waals surface area contributed by atoms with Crippen LogP contribution >= 0.6 is 0 Å². The average molecular weight is 419 g/mol. The number of esters is 4. The Hall–Kier alpha value is -2.73. The normalized spacial score (nSPS) is 27.3. The molecule has 0 unspecified atom stereocenters. The van der Waals surface area contributed by atoms with E-state index in [1.54, 1.807) is 0 Å². The Labute approximate surface area is 166 Å². The summed E-state index contributed by atoms with van der Waals surface area (Å²) in [6.45, 7) is 4.03. The molecular weight excluding hydrogens is 394 g/mol. The summed E-state index contributed by atoms with van der Waals surface area (Å²) in [6, 6.07) is -1.39. The van der Waals surface area contributed by atoms with Crippen LogP contribution in [0, 0.1) is 0 Å². The average Bonchev–Trinajstić information content (AvgIpc) is 2.56. The number of rotatable bonds is 8. The summed E-state index contributed by atoms with van der Waals surface area (Å²) in [6.07, 6.45) is -6.57. The van der Waals surface area contributed by atoms with Crippen molar-refractivity contribution in [2.75, 3.05) is 6.61 Å². The van der Waals surface area contributed by atoms with E-state index in [0.29, 0.717) is 0 Å². The summed E-state index contributed by atoms with van der Waals surface area (Å²) in [7, 11) is 0. The molecule has 3 N–H and O–H groups in total. The van der Waals surface area contributed by atoms with Gasteiger partial charge in [0.05, 0.1) is 0 Å². The molecule has 0 aromatic rings. The van der Waals surface area contributed by atoms with Crippen LogP contribution in [-0.2, 0) is 47.7 Å². The Kier molecular flexibility index (Phi) is 8.98. The molecule has 1 rings (SSSR count). The number of hydrogen-bond acceptors (Lipinski definition) is 11. The number of carbonyl (C=O) groups excluding carboxylic acids is 4. The zero-order valence-corrected chi connectivity index (χ0v) is 16.5. The van der Waals surface area contributed by atoms with Gasteiger partial charge in [-0.25, -0.2) is 0 Å². The standard InChI is InChI=1S/C17H25NO11/c1-7(19)25-6-13-15(27-9(3)21)16(28-10(4)22)14(26-8(2)20)12(29-13)5-11(18)17(23)24/h11-16H,5-6,18H2,1-4H3,(H,23,24)/t11-,12-,13-,14+,15-,16-/m1/s1. The molecule has 12 heteroatoms. The number of carboxylic acid groups (broad SMARTS) is 1. The molecule has 0 aromatic carbocycles. The predicted molar refractivity (Wildman–Crippen MR) is 92.2 cm³/mol. The molecule has 29 heavy (non-hydrogen) atoms. The predicted octanol–water partition coefficient (Wildman–Crippen LogP) is -1.09. The van der Waals surface area contributed by atoms with E-state index in [4.69, 9.17) is 34.5 Å². The molecule has 6 atom stereocenters. The fraction of sp³-hybridized carbons (Fsp3) is 0.706. The van der Waals surface area contributed by atoms with Crippen LogP contribution < -0.4 is 5.73 Å². The molecule has 0 aliphatic carbocycles. The van der Waals surface area contributed by atoms with Gasteiger partial charge in [-0.2, -0.15) is 0 Å². The highest BCUT2D eigenvalue weighted by molar-refractivity contribution is 5.73. The quantitative estimate of drug-likeness (QED) is 0.359. The van der Waals surface area contributed by atoms with Crippen molar-refractivity contribution in [1.29, 1.82) is 0 Å². The first-order valence-corrected chi connectivity index (χ1v) is 8.71. The lowest BCUT2D eigenvalue weighted by molar-refractivity contribution is -0.253. The summed E-state index contributed by atoms with van der Waals surface area (Å²) in [5.41, 5.74) is 5.57. The van der Waals surface area contributed by atoms with Crippen molar-refractivity contribution < 1.29 is 52.8 Å². The lowest BCUT2D eigenvalue weighted by Gasteiger charge is -2.44. The van der Waals surface area contributed by atoms with E-state index in [1.165, 1.54) is 0 Å². The molecule has 0 saturated carbocycles. The van der Waals surface area contributed by atoms with Crippen LogP contribution in [-0.4, -0.2) is 78.1 Å². The lowest BCUT2D eigenvalue weighted by atomic mass is 9.91. The maximum Gasteiger partial charge on any atom is 0.320 e. The first-order chi connectivity index (χ1) is 13.4. The second-order valence-corrected chi connectivity index (χ2v) is 6.42. The highest BCUT2D eigenvalue weighted by Crippen LogP contribution is 2.31. The van der Waals surface area contributed by atoms with Gasteiger partial charge in [-0.1, -0.05) is 0 Å². The number of carbonyl (C=O) groups is 5. The van der Waals surface area contributed by atoms with Gasteiger partial charge >= 0.3 is 29.8 Å². The maximum absolute atomic E-state index is 11.6. The minimum Gasteiger partial charge on any atom is -0.480 e. The fourth-order valence-electron chi connectivity index (χ4n) is 2.86. The van der Waals surface area contributed by atoms with Crippen molar-refractivity contribution in [3.63, 3.8) is 0 Å². The summed E-state index contributed by atoms with van der Waals surface area (Å²) in [5.74, 6) is -4.30. The molecule has 0 radical (unpaired) electrons. The Morgan fingerprint density at radius 1 is 0.828 bits per heavy atom. The van der Waals surface area contributed by atoms with Gasteiger partial charge in [-0.05, 0) is 0 Å². The highest BCUT2D eigenvalue weighted by atomic mass is 16.7. The second-order valence-electron chi connectivity index (χ2n) is 6.42. The molecule has 0 bridgehead atoms. The minimum atomic E-state index is -1.39. The van der Waals surface area contributed by atoms with Crippen molar-refractivity contribution in [1.82, 2.24) is 0 Å². The van der Waals surface area contributed by atoms with Gasteiger partial charge in [-0.15, -0.1) is 0 Å². The third-order valence-electron chi connectivity index (χ3n) is 3.89. The number of nitrogens with two attached hydrogens (primary N) is 1. The van der Waals surface area contributed by atoms with E-state index in [1.807, 2.05) is 0 Å². The zero-order chi connectivity index (χ0) is 22.3. The van der Waals surface area contributed by atoms with Crippen LogP contribution in [0.5, 0.6) is 0 Å². The third-order valence-corrected chi connectivity index (χ3v) is 3.89. The van der Waals surface area contributed by atoms with Crippen molar-refractivity contribution in [3.05, 3.63) is 0 Å². The molecule has 1 fully saturated rings. The largest absolute Gasteiger partial charge is 0.480 e. The van der Waals surface area contributed by atoms with Crippen LogP contribution in [0.1, 0.15) is 34.1 Å². The van der Waals surface area contributed by atoms with E-state index in [0.717, 1.165) is 27.7 Å². The van der Waals surface area contributed by atoms with Gasteiger partial charge in [0.2, 0.25) is 0 Å². The first-order valence-electron chi connectivity index (χ1n) is 8.71. The molecule has 1 aliphatic rings. The SMILES string of the molecule is CC(=O)OC[C@H]1O[C@H](C[C@@H](N)C(=O)O)[C@H](OC(C)=O)[C@@H](OC(C)=O)[C@@H]1OC(C)=O. The van der Waals surface area contributed by atoms with Crippen molar-refractivity contribution in [2.24, 2.45) is 5.73 Å². The summed E-state index contributed by atoms with van der Waals surface area (Å²) in [5, 5.41) is 9.09. The molecule has 164 valence electrons. The van der Waals surface area contributed by atoms with E-state index in [2.05, 4.69) is 0 Å². The number of hydrogen-bond donors (Lipinski definition) is 2. The van der Waals surface area contributed by atoms with Crippen LogP contribution in [0.2, 0.25) is 0 Å². The Morgan fingerprint density at radius 2 is 1.28 bits per heavy atom. The van der Waals surface area contributed by atoms with Crippen molar-refractivity contribution in [3.8, 4) is 0 Å². The fourth-order valence-corrected chi connectivity index (χ4v) is 2.86. The number of aliphatic carboxylic acids is 1.